The first-order chi connectivity index (χ1) is 8.74. The average molecular weight is 269 g/mol. The third kappa shape index (κ3) is 4.23. The number of nitrogens with zero attached hydrogens (tertiary/aromatic N) is 2. The van der Waals surface area contributed by atoms with E-state index in [1.807, 2.05) is 0 Å². The number of anilines is 1. The number of carbonyl (C=O) groups is 1. The number of piperidine rings is 1. The molecule has 0 spiro atoms. The second kappa shape index (κ2) is 6.66. The molecule has 98 valence electrons. The molecule has 0 unspecified atom stereocenters. The molecule has 1 amide bonds. The normalized spacial score (nSPS) is 16.5. The molecule has 1 aliphatic rings. The molecule has 2 rings (SSSR count). The monoisotopic (exact) mass is 268 g/mol. The van der Waals surface area contributed by atoms with Crippen molar-refractivity contribution in [2.75, 3.05) is 18.4 Å². The third-order valence-electron chi connectivity index (χ3n) is 3.14. The third-order valence-corrected chi connectivity index (χ3v) is 3.35. The zero-order valence-electron chi connectivity index (χ0n) is 10.2. The molecule has 2 N–H and O–H groups in total. The lowest BCUT2D eigenvalue weighted by atomic mass is 9.93. The molecular formula is C12H17ClN4O. The molecule has 0 radical (unpaired) electrons. The highest BCUT2D eigenvalue weighted by molar-refractivity contribution is 6.29. The molecular weight excluding hydrogens is 252 g/mol. The van der Waals surface area contributed by atoms with E-state index in [0.29, 0.717) is 23.3 Å². The SMILES string of the molecule is O=C(CCC1CCNCC1)Nc1cc(Cl)ncn1. The number of nitrogens with one attached hydrogen (secondary N) is 2. The molecule has 2 heterocycles. The van der Waals surface area contributed by atoms with Crippen LogP contribution in [0.3, 0.4) is 0 Å². The molecule has 1 saturated heterocycles. The number of halogens is 1. The summed E-state index contributed by atoms with van der Waals surface area (Å²) in [6.07, 6.45) is 5.13. The van der Waals surface area contributed by atoms with Crippen molar-refractivity contribution in [3.8, 4) is 0 Å². The smallest absolute Gasteiger partial charge is 0.225 e. The van der Waals surface area contributed by atoms with Gasteiger partial charge in [-0.1, -0.05) is 11.6 Å². The highest BCUT2D eigenvalue weighted by Gasteiger charge is 2.14. The summed E-state index contributed by atoms with van der Waals surface area (Å²) in [5, 5.41) is 6.38. The number of rotatable bonds is 4. The van der Waals surface area contributed by atoms with Gasteiger partial charge in [-0.15, -0.1) is 0 Å². The number of carbonyl (C=O) groups excluding carboxylic acids is 1. The largest absolute Gasteiger partial charge is 0.317 e. The molecule has 0 bridgehead atoms. The predicted molar refractivity (Wildman–Crippen MR) is 70.5 cm³/mol. The molecule has 0 aliphatic carbocycles. The Kier molecular flexibility index (Phi) is 4.90. The summed E-state index contributed by atoms with van der Waals surface area (Å²) in [5.41, 5.74) is 0. The van der Waals surface area contributed by atoms with E-state index >= 15 is 0 Å². The van der Waals surface area contributed by atoms with Crippen molar-refractivity contribution >= 4 is 23.3 Å². The van der Waals surface area contributed by atoms with Gasteiger partial charge in [0, 0.05) is 12.5 Å². The van der Waals surface area contributed by atoms with Crippen LogP contribution >= 0.6 is 11.6 Å². The topological polar surface area (TPSA) is 66.9 Å². The first-order valence-electron chi connectivity index (χ1n) is 6.22. The van der Waals surface area contributed by atoms with Crippen LogP contribution in [0.2, 0.25) is 5.15 Å². The van der Waals surface area contributed by atoms with E-state index in [1.165, 1.54) is 6.33 Å². The summed E-state index contributed by atoms with van der Waals surface area (Å²) < 4.78 is 0. The van der Waals surface area contributed by atoms with Crippen LogP contribution in [0.5, 0.6) is 0 Å². The number of aromatic nitrogens is 2. The van der Waals surface area contributed by atoms with Crippen LogP contribution in [0.25, 0.3) is 0 Å². The van der Waals surface area contributed by atoms with Gasteiger partial charge in [-0.3, -0.25) is 4.79 Å². The molecule has 1 fully saturated rings. The van der Waals surface area contributed by atoms with E-state index < -0.39 is 0 Å². The van der Waals surface area contributed by atoms with Gasteiger partial charge >= 0.3 is 0 Å². The summed E-state index contributed by atoms with van der Waals surface area (Å²) >= 11 is 5.72. The summed E-state index contributed by atoms with van der Waals surface area (Å²) in [6.45, 7) is 2.13. The van der Waals surface area contributed by atoms with Crippen molar-refractivity contribution in [2.24, 2.45) is 5.92 Å². The van der Waals surface area contributed by atoms with Gasteiger partial charge in [0.1, 0.15) is 17.3 Å². The summed E-state index contributed by atoms with van der Waals surface area (Å²) in [5.74, 6) is 1.11. The zero-order chi connectivity index (χ0) is 12.8. The minimum Gasteiger partial charge on any atom is -0.317 e. The highest BCUT2D eigenvalue weighted by atomic mass is 35.5. The van der Waals surface area contributed by atoms with Gasteiger partial charge in [-0.05, 0) is 38.3 Å². The molecule has 0 saturated carbocycles. The van der Waals surface area contributed by atoms with Crippen LogP contribution in [0, 0.1) is 5.92 Å². The van der Waals surface area contributed by atoms with E-state index in [4.69, 9.17) is 11.6 Å². The van der Waals surface area contributed by atoms with Crippen LogP contribution in [0.15, 0.2) is 12.4 Å². The van der Waals surface area contributed by atoms with Crippen molar-refractivity contribution in [3.05, 3.63) is 17.5 Å². The predicted octanol–water partition coefficient (Wildman–Crippen LogP) is 1.85. The highest BCUT2D eigenvalue weighted by Crippen LogP contribution is 2.18. The van der Waals surface area contributed by atoms with Crippen molar-refractivity contribution in [2.45, 2.75) is 25.7 Å². The van der Waals surface area contributed by atoms with Gasteiger partial charge in [-0.2, -0.15) is 0 Å². The van der Waals surface area contributed by atoms with Gasteiger partial charge in [0.15, 0.2) is 0 Å². The van der Waals surface area contributed by atoms with Gasteiger partial charge in [0.2, 0.25) is 5.91 Å². The minimum absolute atomic E-state index is 0.0108. The quantitative estimate of drug-likeness (QED) is 0.818. The molecule has 18 heavy (non-hydrogen) atoms. The summed E-state index contributed by atoms with van der Waals surface area (Å²) in [6, 6.07) is 1.55. The second-order valence-electron chi connectivity index (χ2n) is 4.51. The van der Waals surface area contributed by atoms with Crippen LogP contribution in [-0.2, 0) is 4.79 Å². The minimum atomic E-state index is -0.0108. The Balaban J connectivity index is 1.74. The Morgan fingerprint density at radius 3 is 2.94 bits per heavy atom. The van der Waals surface area contributed by atoms with Gasteiger partial charge in [-0.25, -0.2) is 9.97 Å². The lowest BCUT2D eigenvalue weighted by Crippen LogP contribution is -2.28. The molecule has 0 aromatic carbocycles. The summed E-state index contributed by atoms with van der Waals surface area (Å²) in [4.78, 5) is 19.4. The first-order valence-corrected chi connectivity index (χ1v) is 6.60. The Labute approximate surface area is 111 Å². The van der Waals surface area contributed by atoms with Crippen molar-refractivity contribution in [1.29, 1.82) is 0 Å². The maximum Gasteiger partial charge on any atom is 0.225 e. The Morgan fingerprint density at radius 1 is 1.44 bits per heavy atom. The molecule has 1 aliphatic heterocycles. The van der Waals surface area contributed by atoms with Crippen molar-refractivity contribution in [3.63, 3.8) is 0 Å². The lowest BCUT2D eigenvalue weighted by molar-refractivity contribution is -0.116. The number of hydrogen-bond donors (Lipinski definition) is 2. The van der Waals surface area contributed by atoms with E-state index in [1.54, 1.807) is 6.07 Å². The fraction of sp³-hybridized carbons (Fsp3) is 0.583. The van der Waals surface area contributed by atoms with Crippen molar-refractivity contribution in [1.82, 2.24) is 15.3 Å². The van der Waals surface area contributed by atoms with Gasteiger partial charge in [0.05, 0.1) is 0 Å². The standard InChI is InChI=1S/C12H17ClN4O/c13-10-7-11(16-8-15-10)17-12(18)2-1-9-3-5-14-6-4-9/h7-9,14H,1-6H2,(H,15,16,17,18). The maximum absolute atomic E-state index is 11.7. The van der Waals surface area contributed by atoms with E-state index in [9.17, 15) is 4.79 Å². The number of amides is 1. The lowest BCUT2D eigenvalue weighted by Gasteiger charge is -2.22. The average Bonchev–Trinajstić information content (AvgIpc) is 2.38. The van der Waals surface area contributed by atoms with Crippen LogP contribution < -0.4 is 10.6 Å². The van der Waals surface area contributed by atoms with Crippen LogP contribution in [-0.4, -0.2) is 29.0 Å². The van der Waals surface area contributed by atoms with Crippen molar-refractivity contribution < 1.29 is 4.79 Å². The molecule has 1 aromatic heterocycles. The molecule has 1 aromatic rings. The molecule has 5 nitrogen and oxygen atoms in total. The van der Waals surface area contributed by atoms with E-state index in [0.717, 1.165) is 32.4 Å². The van der Waals surface area contributed by atoms with Gasteiger partial charge < -0.3 is 10.6 Å². The Morgan fingerprint density at radius 2 is 2.22 bits per heavy atom. The Hall–Kier alpha value is -1.20. The molecule has 0 atom stereocenters. The maximum atomic E-state index is 11.7. The number of hydrogen-bond acceptors (Lipinski definition) is 4. The second-order valence-corrected chi connectivity index (χ2v) is 4.89. The first kappa shape index (κ1) is 13.2. The van der Waals surface area contributed by atoms with Crippen LogP contribution in [0.4, 0.5) is 5.82 Å². The molecule has 6 heteroatoms. The fourth-order valence-electron chi connectivity index (χ4n) is 2.11. The fourth-order valence-corrected chi connectivity index (χ4v) is 2.26. The van der Waals surface area contributed by atoms with E-state index in [2.05, 4.69) is 20.6 Å². The Bertz CT molecular complexity index is 407. The zero-order valence-corrected chi connectivity index (χ0v) is 10.9. The summed E-state index contributed by atoms with van der Waals surface area (Å²) in [7, 11) is 0. The van der Waals surface area contributed by atoms with Crippen LogP contribution in [0.1, 0.15) is 25.7 Å². The van der Waals surface area contributed by atoms with Gasteiger partial charge in [0.25, 0.3) is 0 Å². The van der Waals surface area contributed by atoms with E-state index in [-0.39, 0.29) is 5.91 Å².